The minimum Gasteiger partial charge on any atom is -0.494 e. The number of unbranched alkanes of at least 4 members (excludes halogenated alkanes) is 1. The van der Waals surface area contributed by atoms with Gasteiger partial charge >= 0.3 is 11.8 Å². The van der Waals surface area contributed by atoms with Crippen LogP contribution in [0.5, 0.6) is 5.75 Å². The number of nitrogens with zero attached hydrogens (tertiary/aromatic N) is 2. The molecule has 1 saturated heterocycles. The maximum Gasteiger partial charge on any atom is 0.417 e. The van der Waals surface area contributed by atoms with Crippen molar-refractivity contribution < 1.29 is 23.8 Å². The van der Waals surface area contributed by atoms with Crippen LogP contribution < -0.4 is 10.5 Å². The van der Waals surface area contributed by atoms with E-state index in [9.17, 15) is 19.5 Å². The number of aromatic amines is 1. The fraction of sp³-hybridized carbons (Fsp3) is 0.423. The van der Waals surface area contributed by atoms with E-state index in [2.05, 4.69) is 16.8 Å². The Kier molecular flexibility index (Phi) is 7.87. The number of benzene rings is 2. The molecule has 0 spiro atoms. The molecule has 1 amide bonds. The van der Waals surface area contributed by atoms with E-state index >= 15 is 0 Å². The number of piperazine rings is 1. The molecule has 0 saturated carbocycles. The first-order chi connectivity index (χ1) is 16.9. The second-order valence-electron chi connectivity index (χ2n) is 8.88. The zero-order chi connectivity index (χ0) is 24.8. The second kappa shape index (κ2) is 11.2. The van der Waals surface area contributed by atoms with E-state index in [4.69, 9.17) is 9.15 Å². The van der Waals surface area contributed by atoms with Crippen molar-refractivity contribution in [3.63, 3.8) is 0 Å². The number of hydrogen-bond donors (Lipinski definition) is 2. The number of ether oxygens (including phenoxy) is 1. The molecule has 2 heterocycles. The Hall–Kier alpha value is -3.59. The molecule has 186 valence electrons. The van der Waals surface area contributed by atoms with E-state index in [1.54, 1.807) is 18.2 Å². The average molecular weight is 482 g/mol. The van der Waals surface area contributed by atoms with Gasteiger partial charge in [0.05, 0.1) is 18.2 Å². The van der Waals surface area contributed by atoms with Crippen LogP contribution in [0.4, 0.5) is 4.79 Å². The number of nitrogens with one attached hydrogen (secondary N) is 1. The van der Waals surface area contributed by atoms with Crippen molar-refractivity contribution in [2.75, 3.05) is 32.8 Å². The SMILES string of the molecule is CCCCOc1ccc(CC2CN(CCC(=O)c3ccc4[nH]c(=O)oc4c3)CCN2C(=O)O)cc1. The van der Waals surface area contributed by atoms with Crippen molar-refractivity contribution in [1.82, 2.24) is 14.8 Å². The molecule has 1 aliphatic rings. The number of rotatable bonds is 10. The lowest BCUT2D eigenvalue weighted by Gasteiger charge is -2.40. The Balaban J connectivity index is 1.35. The van der Waals surface area contributed by atoms with Crippen molar-refractivity contribution in [2.45, 2.75) is 38.6 Å². The van der Waals surface area contributed by atoms with E-state index in [1.165, 1.54) is 4.90 Å². The van der Waals surface area contributed by atoms with Crippen LogP contribution in [0.15, 0.2) is 51.7 Å². The third-order valence-electron chi connectivity index (χ3n) is 6.37. The van der Waals surface area contributed by atoms with Gasteiger partial charge in [0.1, 0.15) is 5.75 Å². The number of oxazole rings is 1. The summed E-state index contributed by atoms with van der Waals surface area (Å²) < 4.78 is 10.8. The number of fused-ring (bicyclic) bond motifs is 1. The normalized spacial score (nSPS) is 16.5. The lowest BCUT2D eigenvalue weighted by molar-refractivity contribution is 0.0647. The van der Waals surface area contributed by atoms with Crippen LogP contribution in [-0.2, 0) is 6.42 Å². The molecule has 0 radical (unpaired) electrons. The smallest absolute Gasteiger partial charge is 0.417 e. The molecule has 9 heteroatoms. The average Bonchev–Trinajstić information content (AvgIpc) is 3.23. The van der Waals surface area contributed by atoms with E-state index in [0.29, 0.717) is 62.3 Å². The number of carbonyl (C=O) groups excluding carboxylic acids is 1. The van der Waals surface area contributed by atoms with Gasteiger partial charge in [-0.25, -0.2) is 9.59 Å². The molecule has 1 aromatic heterocycles. The molecule has 9 nitrogen and oxygen atoms in total. The largest absolute Gasteiger partial charge is 0.494 e. The van der Waals surface area contributed by atoms with Gasteiger partial charge in [-0.1, -0.05) is 25.5 Å². The number of carbonyl (C=O) groups is 2. The third kappa shape index (κ3) is 6.30. The third-order valence-corrected chi connectivity index (χ3v) is 6.37. The Labute approximate surface area is 203 Å². The van der Waals surface area contributed by atoms with Crippen molar-refractivity contribution >= 4 is 23.0 Å². The number of Topliss-reactive ketones (excluding diaryl/α,β-unsaturated/α-hetero) is 1. The standard InChI is InChI=1S/C26H31N3O6/c1-2-3-14-34-21-7-4-18(5-8-21)15-20-17-28(12-13-29(20)26(32)33)11-10-23(30)19-6-9-22-24(16-19)35-25(31)27-22/h4-9,16,20H,2-3,10-15,17H2,1H3,(H,27,31)(H,32,33). The molecule has 1 aliphatic heterocycles. The number of aromatic nitrogens is 1. The van der Waals surface area contributed by atoms with Crippen LogP contribution in [0.2, 0.25) is 0 Å². The summed E-state index contributed by atoms with van der Waals surface area (Å²) in [5.41, 5.74) is 2.45. The number of amides is 1. The summed E-state index contributed by atoms with van der Waals surface area (Å²) in [6, 6.07) is 12.5. The molecule has 2 aromatic carbocycles. The molecule has 35 heavy (non-hydrogen) atoms. The van der Waals surface area contributed by atoms with E-state index in [1.807, 2.05) is 24.3 Å². The van der Waals surface area contributed by atoms with Crippen LogP contribution in [-0.4, -0.2) is 70.6 Å². The fourth-order valence-electron chi connectivity index (χ4n) is 4.40. The minimum absolute atomic E-state index is 0.0494. The van der Waals surface area contributed by atoms with Crippen LogP contribution in [0, 0.1) is 0 Å². The van der Waals surface area contributed by atoms with Crippen LogP contribution in [0.25, 0.3) is 11.1 Å². The molecule has 3 aromatic rings. The maximum atomic E-state index is 12.7. The lowest BCUT2D eigenvalue weighted by Crippen LogP contribution is -2.55. The fourth-order valence-corrected chi connectivity index (χ4v) is 4.40. The summed E-state index contributed by atoms with van der Waals surface area (Å²) in [5.74, 6) is 0.218. The maximum absolute atomic E-state index is 12.7. The van der Waals surface area contributed by atoms with Crippen LogP contribution >= 0.6 is 0 Å². The second-order valence-corrected chi connectivity index (χ2v) is 8.88. The molecule has 2 N–H and O–H groups in total. The molecule has 1 fully saturated rings. The Morgan fingerprint density at radius 3 is 2.71 bits per heavy atom. The molecule has 4 rings (SSSR count). The van der Waals surface area contributed by atoms with E-state index < -0.39 is 11.8 Å². The zero-order valence-corrected chi connectivity index (χ0v) is 19.9. The van der Waals surface area contributed by atoms with Gasteiger partial charge < -0.3 is 19.2 Å². The quantitative estimate of drug-likeness (QED) is 0.334. The van der Waals surface area contributed by atoms with Gasteiger partial charge in [-0.15, -0.1) is 0 Å². The lowest BCUT2D eigenvalue weighted by atomic mass is 10.0. The Morgan fingerprint density at radius 2 is 1.97 bits per heavy atom. The summed E-state index contributed by atoms with van der Waals surface area (Å²) in [7, 11) is 0. The van der Waals surface area contributed by atoms with Gasteiger partial charge in [0.15, 0.2) is 11.4 Å². The number of H-pyrrole nitrogens is 1. The zero-order valence-electron chi connectivity index (χ0n) is 19.9. The van der Waals surface area contributed by atoms with Crippen molar-refractivity contribution in [1.29, 1.82) is 0 Å². The van der Waals surface area contributed by atoms with E-state index in [0.717, 1.165) is 24.2 Å². The first kappa shape index (κ1) is 24.5. The van der Waals surface area contributed by atoms with Gasteiger partial charge in [-0.05, 0) is 48.7 Å². The van der Waals surface area contributed by atoms with Crippen molar-refractivity contribution in [3.8, 4) is 5.75 Å². The highest BCUT2D eigenvalue weighted by Gasteiger charge is 2.30. The molecular formula is C26H31N3O6. The number of carboxylic acid groups (broad SMARTS) is 1. The summed E-state index contributed by atoms with van der Waals surface area (Å²) in [6.07, 6.45) is 2.05. The highest BCUT2D eigenvalue weighted by molar-refractivity contribution is 5.98. The Bertz CT molecular complexity index is 1220. The molecule has 0 aliphatic carbocycles. The van der Waals surface area contributed by atoms with Crippen molar-refractivity contribution in [3.05, 3.63) is 64.1 Å². The van der Waals surface area contributed by atoms with Crippen molar-refractivity contribution in [2.24, 2.45) is 0 Å². The summed E-state index contributed by atoms with van der Waals surface area (Å²) in [4.78, 5) is 42.1. The first-order valence-corrected chi connectivity index (χ1v) is 12.0. The first-order valence-electron chi connectivity index (χ1n) is 12.0. The van der Waals surface area contributed by atoms with Gasteiger partial charge in [0.2, 0.25) is 0 Å². The van der Waals surface area contributed by atoms with Gasteiger partial charge in [0, 0.05) is 38.2 Å². The van der Waals surface area contributed by atoms with Crippen LogP contribution in [0.3, 0.4) is 0 Å². The van der Waals surface area contributed by atoms with Gasteiger partial charge in [0.25, 0.3) is 0 Å². The van der Waals surface area contributed by atoms with Gasteiger partial charge in [-0.2, -0.15) is 0 Å². The summed E-state index contributed by atoms with van der Waals surface area (Å²) in [5, 5.41) is 9.69. The topological polar surface area (TPSA) is 116 Å². The van der Waals surface area contributed by atoms with E-state index in [-0.39, 0.29) is 11.8 Å². The number of ketones is 1. The monoisotopic (exact) mass is 481 g/mol. The highest BCUT2D eigenvalue weighted by Crippen LogP contribution is 2.20. The number of hydrogen-bond acceptors (Lipinski definition) is 6. The predicted molar refractivity (Wildman–Crippen MR) is 131 cm³/mol. The Morgan fingerprint density at radius 1 is 1.17 bits per heavy atom. The molecule has 1 unspecified atom stereocenters. The molecular weight excluding hydrogens is 450 g/mol. The molecule has 1 atom stereocenters. The summed E-state index contributed by atoms with van der Waals surface area (Å²) >= 11 is 0. The minimum atomic E-state index is -0.924. The summed E-state index contributed by atoms with van der Waals surface area (Å²) in [6.45, 7) is 4.86. The van der Waals surface area contributed by atoms with Crippen LogP contribution in [0.1, 0.15) is 42.1 Å². The predicted octanol–water partition coefficient (Wildman–Crippen LogP) is 3.78. The van der Waals surface area contributed by atoms with Gasteiger partial charge in [-0.3, -0.25) is 14.7 Å². The highest BCUT2D eigenvalue weighted by atomic mass is 16.5. The molecule has 0 bridgehead atoms.